The molecule has 0 aliphatic heterocycles. The predicted octanol–water partition coefficient (Wildman–Crippen LogP) is 6.22. The molecule has 0 saturated carbocycles. The highest BCUT2D eigenvalue weighted by atomic mass is 16.1. The van der Waals surface area contributed by atoms with Gasteiger partial charge in [0.15, 0.2) is 5.78 Å². The van der Waals surface area contributed by atoms with Crippen LogP contribution in [0.2, 0.25) is 0 Å². The highest BCUT2D eigenvalue weighted by molar-refractivity contribution is 6.11. The van der Waals surface area contributed by atoms with E-state index < -0.39 is 0 Å². The van der Waals surface area contributed by atoms with Gasteiger partial charge in [-0.3, -0.25) is 9.79 Å². The van der Waals surface area contributed by atoms with Gasteiger partial charge in [0.05, 0.1) is 0 Å². The fourth-order valence-corrected chi connectivity index (χ4v) is 2.88. The number of aryl methyl sites for hydroxylation is 1. The summed E-state index contributed by atoms with van der Waals surface area (Å²) in [5.74, 6) is 0.154. The van der Waals surface area contributed by atoms with Crippen molar-refractivity contribution in [3.8, 4) is 0 Å². The maximum Gasteiger partial charge on any atom is 0.186 e. The molecule has 1 aromatic carbocycles. The number of allylic oxidation sites excluding steroid dienone is 5. The Hall–Kier alpha value is -2.22. The Balaban J connectivity index is 2.47. The molecule has 2 nitrogen and oxygen atoms in total. The zero-order valence-electron chi connectivity index (χ0n) is 17.4. The minimum atomic E-state index is -0.198. The molecule has 0 aromatic heterocycles. The summed E-state index contributed by atoms with van der Waals surface area (Å²) in [4.78, 5) is 17.6. The minimum absolute atomic E-state index is 0.154. The van der Waals surface area contributed by atoms with Gasteiger partial charge in [0, 0.05) is 23.1 Å². The van der Waals surface area contributed by atoms with Gasteiger partial charge in [-0.15, -0.1) is 0 Å². The van der Waals surface area contributed by atoms with Crippen LogP contribution in [0.4, 0.5) is 0 Å². The van der Waals surface area contributed by atoms with Crippen molar-refractivity contribution < 1.29 is 4.79 Å². The van der Waals surface area contributed by atoms with E-state index in [1.165, 1.54) is 5.56 Å². The number of ketones is 1. The predicted molar refractivity (Wildman–Crippen MR) is 112 cm³/mol. The first-order chi connectivity index (χ1) is 11.9. The zero-order valence-corrected chi connectivity index (χ0v) is 17.4. The van der Waals surface area contributed by atoms with Gasteiger partial charge in [0.25, 0.3) is 0 Å². The smallest absolute Gasteiger partial charge is 0.186 e. The molecule has 0 bridgehead atoms. The number of aliphatic imine (C=N–C) groups is 1. The van der Waals surface area contributed by atoms with E-state index in [2.05, 4.69) is 77.7 Å². The third-order valence-electron chi connectivity index (χ3n) is 4.60. The van der Waals surface area contributed by atoms with Gasteiger partial charge in [0.1, 0.15) is 0 Å². The average Bonchev–Trinajstić information content (AvgIpc) is 2.52. The second kappa shape index (κ2) is 7.19. The van der Waals surface area contributed by atoms with Gasteiger partial charge in [-0.25, -0.2) is 0 Å². The van der Waals surface area contributed by atoms with E-state index in [1.807, 2.05) is 25.3 Å². The van der Waals surface area contributed by atoms with E-state index in [1.54, 1.807) is 0 Å². The van der Waals surface area contributed by atoms with Crippen LogP contribution in [0.3, 0.4) is 0 Å². The third-order valence-corrected chi connectivity index (χ3v) is 4.60. The van der Waals surface area contributed by atoms with Crippen LogP contribution in [0.15, 0.2) is 64.3 Å². The molecule has 2 heteroatoms. The van der Waals surface area contributed by atoms with Crippen molar-refractivity contribution in [3.63, 3.8) is 0 Å². The Kier molecular flexibility index (Phi) is 5.55. The second-order valence-electron chi connectivity index (χ2n) is 9.15. The molecule has 1 aliphatic rings. The molecule has 0 unspecified atom stereocenters. The number of carbonyl (C=O) groups is 1. The fraction of sp³-hybridized carbons (Fsp3) is 0.417. The van der Waals surface area contributed by atoms with E-state index in [0.717, 1.165) is 28.0 Å². The molecule has 1 aliphatic carbocycles. The molecule has 0 N–H and O–H groups in total. The Bertz CT molecular complexity index is 780. The van der Waals surface area contributed by atoms with Crippen LogP contribution in [0, 0.1) is 17.8 Å². The van der Waals surface area contributed by atoms with Gasteiger partial charge in [-0.2, -0.15) is 0 Å². The standard InChI is InChI=1S/C24H31NO/c1-16-9-11-19(12-10-16)17(2)25-15-18-13-20(23(3,4)5)22(26)21(14-18)24(6,7)8/h9-15H,1-8H3. The third kappa shape index (κ3) is 4.69. The quantitative estimate of drug-likeness (QED) is 0.583. The molecule has 2 rings (SSSR count). The number of rotatable bonds is 2. The van der Waals surface area contributed by atoms with E-state index in [-0.39, 0.29) is 16.6 Å². The van der Waals surface area contributed by atoms with Crippen LogP contribution in [-0.4, -0.2) is 11.5 Å². The number of hydrogen-bond acceptors (Lipinski definition) is 2. The Morgan fingerprint density at radius 2 is 1.35 bits per heavy atom. The molecule has 0 spiro atoms. The lowest BCUT2D eigenvalue weighted by Gasteiger charge is -2.31. The zero-order chi connectivity index (χ0) is 19.7. The lowest BCUT2D eigenvalue weighted by molar-refractivity contribution is -0.114. The fourth-order valence-electron chi connectivity index (χ4n) is 2.88. The van der Waals surface area contributed by atoms with Crippen LogP contribution in [-0.2, 0) is 4.79 Å². The summed E-state index contributed by atoms with van der Waals surface area (Å²) in [5, 5.41) is 0. The molecule has 0 fully saturated rings. The molecule has 26 heavy (non-hydrogen) atoms. The molecule has 1 aromatic rings. The number of benzene rings is 1. The number of hydrogen-bond donors (Lipinski definition) is 0. The lowest BCUT2D eigenvalue weighted by atomic mass is 9.72. The normalized spacial score (nSPS) is 16.4. The van der Waals surface area contributed by atoms with Crippen molar-refractivity contribution in [1.29, 1.82) is 0 Å². The monoisotopic (exact) mass is 349 g/mol. The lowest BCUT2D eigenvalue weighted by Crippen LogP contribution is -2.27. The maximum absolute atomic E-state index is 13.0. The van der Waals surface area contributed by atoms with Crippen LogP contribution in [0.5, 0.6) is 0 Å². The largest absolute Gasteiger partial charge is 0.289 e. The Morgan fingerprint density at radius 1 is 0.885 bits per heavy atom. The van der Waals surface area contributed by atoms with Gasteiger partial charge >= 0.3 is 0 Å². The molecular weight excluding hydrogens is 318 g/mol. The van der Waals surface area contributed by atoms with E-state index in [9.17, 15) is 4.79 Å². The molecule has 138 valence electrons. The summed E-state index contributed by atoms with van der Waals surface area (Å²) in [6.45, 7) is 16.6. The van der Waals surface area contributed by atoms with Gasteiger partial charge < -0.3 is 0 Å². The second-order valence-corrected chi connectivity index (χ2v) is 9.15. The number of nitrogens with zero attached hydrogens (tertiary/aromatic N) is 1. The van der Waals surface area contributed by atoms with Crippen molar-refractivity contribution in [3.05, 3.63) is 70.5 Å². The van der Waals surface area contributed by atoms with Crippen molar-refractivity contribution in [2.45, 2.75) is 55.4 Å². The maximum atomic E-state index is 13.0. The Labute approximate surface area is 158 Å². The van der Waals surface area contributed by atoms with Crippen LogP contribution >= 0.6 is 0 Å². The first kappa shape index (κ1) is 20.1. The van der Waals surface area contributed by atoms with Gasteiger partial charge in [-0.05, 0) is 48.0 Å². The van der Waals surface area contributed by atoms with Gasteiger partial charge in [-0.1, -0.05) is 71.4 Å². The summed E-state index contributed by atoms with van der Waals surface area (Å²) in [7, 11) is 0. The molecule has 0 atom stereocenters. The molecule has 0 amide bonds. The van der Waals surface area contributed by atoms with Crippen molar-refractivity contribution >= 4 is 11.5 Å². The van der Waals surface area contributed by atoms with Gasteiger partial charge in [0.2, 0.25) is 0 Å². The van der Waals surface area contributed by atoms with Crippen LogP contribution in [0.1, 0.15) is 59.6 Å². The molecule has 0 saturated heterocycles. The van der Waals surface area contributed by atoms with Crippen molar-refractivity contribution in [2.75, 3.05) is 0 Å². The minimum Gasteiger partial charge on any atom is -0.289 e. The summed E-state index contributed by atoms with van der Waals surface area (Å²) < 4.78 is 0. The summed E-state index contributed by atoms with van der Waals surface area (Å²) in [6.07, 6.45) is 5.85. The topological polar surface area (TPSA) is 29.4 Å². The van der Waals surface area contributed by atoms with Crippen LogP contribution < -0.4 is 0 Å². The summed E-state index contributed by atoms with van der Waals surface area (Å²) >= 11 is 0. The highest BCUT2D eigenvalue weighted by Crippen LogP contribution is 2.38. The van der Waals surface area contributed by atoms with Crippen molar-refractivity contribution in [2.24, 2.45) is 15.8 Å². The molecule has 0 radical (unpaired) electrons. The highest BCUT2D eigenvalue weighted by Gasteiger charge is 2.33. The number of carbonyl (C=O) groups excluding carboxylic acids is 1. The van der Waals surface area contributed by atoms with E-state index >= 15 is 0 Å². The van der Waals surface area contributed by atoms with Crippen molar-refractivity contribution in [1.82, 2.24) is 0 Å². The summed E-state index contributed by atoms with van der Waals surface area (Å²) in [5.41, 5.74) is 5.59. The summed E-state index contributed by atoms with van der Waals surface area (Å²) in [6, 6.07) is 8.36. The number of Topliss-reactive ketones (excluding diaryl/α,β-unsaturated/α-hetero) is 1. The first-order valence-corrected chi connectivity index (χ1v) is 9.20. The molecule has 0 heterocycles. The first-order valence-electron chi connectivity index (χ1n) is 9.20. The van der Waals surface area contributed by atoms with E-state index in [4.69, 9.17) is 0 Å². The molecular formula is C24H31NO. The Morgan fingerprint density at radius 3 is 1.77 bits per heavy atom. The average molecular weight is 350 g/mol. The van der Waals surface area contributed by atoms with Crippen LogP contribution in [0.25, 0.3) is 0 Å². The SMILES string of the molecule is CC(=NC=C1C=C(C(C)(C)C)C(=O)C(C(C)(C)C)=C1)c1ccc(C)cc1. The van der Waals surface area contributed by atoms with E-state index in [0.29, 0.717) is 0 Å².